The van der Waals surface area contributed by atoms with Crippen LogP contribution in [-0.4, -0.2) is 35.0 Å². The highest BCUT2D eigenvalue weighted by Gasteiger charge is 2.33. The number of hydrogen-bond acceptors (Lipinski definition) is 4. The van der Waals surface area contributed by atoms with Gasteiger partial charge in [-0.25, -0.2) is 4.79 Å². The number of carbonyl (C=O) groups is 2. The predicted molar refractivity (Wildman–Crippen MR) is 82.8 cm³/mol. The number of ketones is 1. The van der Waals surface area contributed by atoms with Gasteiger partial charge in [-0.1, -0.05) is 35.4 Å². The third-order valence-electron chi connectivity index (χ3n) is 3.08. The summed E-state index contributed by atoms with van der Waals surface area (Å²) in [5.74, 6) is -1.16. The number of halogens is 2. The molecule has 112 valence electrons. The summed E-state index contributed by atoms with van der Waals surface area (Å²) in [7, 11) is 1.62. The van der Waals surface area contributed by atoms with Crippen molar-refractivity contribution in [2.75, 3.05) is 7.05 Å². The molecule has 1 heterocycles. The molecular weight excluding hydrogens is 337 g/mol. The first-order valence-electron chi connectivity index (χ1n) is 5.99. The van der Waals surface area contributed by atoms with Crippen molar-refractivity contribution in [2.45, 2.75) is 18.9 Å². The van der Waals surface area contributed by atoms with Crippen LogP contribution in [-0.2, 0) is 11.2 Å². The number of thiocarbonyl (C=S) groups is 1. The quantitative estimate of drug-likeness (QED) is 0.643. The zero-order valence-electron chi connectivity index (χ0n) is 10.9. The monoisotopic (exact) mass is 347 g/mol. The van der Waals surface area contributed by atoms with Crippen LogP contribution in [0.2, 0.25) is 10.0 Å². The Morgan fingerprint density at radius 1 is 1.48 bits per heavy atom. The topological polar surface area (TPSA) is 75.6 Å². The van der Waals surface area contributed by atoms with Gasteiger partial charge >= 0.3 is 5.97 Å². The van der Waals surface area contributed by atoms with Gasteiger partial charge in [-0.3, -0.25) is 4.79 Å². The van der Waals surface area contributed by atoms with Crippen LogP contribution in [0.5, 0.6) is 5.75 Å². The fraction of sp³-hybridized carbons (Fsp3) is 0.308. The van der Waals surface area contributed by atoms with E-state index >= 15 is 0 Å². The van der Waals surface area contributed by atoms with Crippen molar-refractivity contribution in [1.82, 2.24) is 5.32 Å². The molecule has 0 aliphatic carbocycles. The second kappa shape index (κ2) is 6.17. The van der Waals surface area contributed by atoms with Gasteiger partial charge in [0.05, 0.1) is 16.4 Å². The maximum absolute atomic E-state index is 12.2. The molecule has 5 nitrogen and oxygen atoms in total. The van der Waals surface area contributed by atoms with Crippen molar-refractivity contribution in [3.63, 3.8) is 0 Å². The van der Waals surface area contributed by atoms with Crippen molar-refractivity contribution in [1.29, 1.82) is 0 Å². The van der Waals surface area contributed by atoms with Crippen LogP contribution in [0, 0.1) is 0 Å². The van der Waals surface area contributed by atoms with Crippen LogP contribution in [0.4, 0.5) is 0 Å². The van der Waals surface area contributed by atoms with Crippen LogP contribution in [0.15, 0.2) is 6.07 Å². The molecule has 1 aromatic rings. The number of nitrogens with one attached hydrogen (secondary N) is 1. The van der Waals surface area contributed by atoms with E-state index in [1.165, 1.54) is 6.07 Å². The normalized spacial score (nSPS) is 16.0. The molecule has 1 aliphatic rings. The Morgan fingerprint density at radius 3 is 2.71 bits per heavy atom. The summed E-state index contributed by atoms with van der Waals surface area (Å²) in [6.45, 7) is 0. The third kappa shape index (κ3) is 3.12. The van der Waals surface area contributed by atoms with Gasteiger partial charge in [0.1, 0.15) is 10.8 Å². The van der Waals surface area contributed by atoms with Crippen molar-refractivity contribution in [3.8, 4) is 5.75 Å². The Labute approximate surface area is 136 Å². The molecule has 0 fully saturated rings. The number of aliphatic carboxylic acids is 1. The van der Waals surface area contributed by atoms with Gasteiger partial charge in [-0.2, -0.15) is 0 Å². The zero-order chi connectivity index (χ0) is 15.7. The first kappa shape index (κ1) is 16.0. The molecule has 1 unspecified atom stereocenters. The van der Waals surface area contributed by atoms with E-state index in [0.717, 1.165) is 0 Å². The fourth-order valence-corrected chi connectivity index (χ4v) is 2.64. The largest absolute Gasteiger partial charge is 0.478 e. The number of Topliss-reactive ketones (excluding diaryl/α,β-unsaturated/α-hetero) is 1. The van der Waals surface area contributed by atoms with Gasteiger partial charge in [0.2, 0.25) is 0 Å². The van der Waals surface area contributed by atoms with Gasteiger partial charge < -0.3 is 15.2 Å². The number of carbonyl (C=O) groups excluding carboxylic acids is 1. The van der Waals surface area contributed by atoms with E-state index in [9.17, 15) is 9.59 Å². The first-order chi connectivity index (χ1) is 9.85. The minimum atomic E-state index is -1.09. The van der Waals surface area contributed by atoms with E-state index in [1.54, 1.807) is 7.05 Å². The molecule has 0 radical (unpaired) electrons. The van der Waals surface area contributed by atoms with E-state index in [2.05, 4.69) is 5.32 Å². The minimum absolute atomic E-state index is 0.00385. The third-order valence-corrected chi connectivity index (χ3v) is 4.28. The predicted octanol–water partition coefficient (Wildman–Crippen LogP) is 2.50. The second-order valence-corrected chi connectivity index (χ2v) is 5.71. The zero-order valence-corrected chi connectivity index (χ0v) is 13.2. The molecular formula is C13H11Cl2NO4S. The molecule has 8 heteroatoms. The van der Waals surface area contributed by atoms with Gasteiger partial charge in [-0.15, -0.1) is 0 Å². The Morgan fingerprint density at radius 2 is 2.14 bits per heavy atom. The minimum Gasteiger partial charge on any atom is -0.478 e. The average Bonchev–Trinajstić information content (AvgIpc) is 2.87. The summed E-state index contributed by atoms with van der Waals surface area (Å²) < 4.78 is 5.25. The lowest BCUT2D eigenvalue weighted by Crippen LogP contribution is -2.24. The first-order valence-corrected chi connectivity index (χ1v) is 7.15. The van der Waals surface area contributed by atoms with E-state index in [-0.39, 0.29) is 40.0 Å². The number of hydrogen-bond donors (Lipinski definition) is 2. The van der Waals surface area contributed by atoms with Crippen molar-refractivity contribution in [3.05, 3.63) is 27.2 Å². The SMILES string of the molecule is CNC(=S)CC(=O)c1cc2c(c(Cl)c1Cl)OC(C(=O)O)C2. The van der Waals surface area contributed by atoms with Crippen LogP contribution in [0.3, 0.4) is 0 Å². The molecule has 2 N–H and O–H groups in total. The molecule has 1 aliphatic heterocycles. The lowest BCUT2D eigenvalue weighted by Gasteiger charge is -2.10. The van der Waals surface area contributed by atoms with Crippen LogP contribution < -0.4 is 10.1 Å². The van der Waals surface area contributed by atoms with E-state index in [0.29, 0.717) is 10.6 Å². The highest BCUT2D eigenvalue weighted by Crippen LogP contribution is 2.42. The van der Waals surface area contributed by atoms with Gasteiger partial charge in [-0.05, 0) is 6.07 Å². The number of ether oxygens (including phenoxy) is 1. The average molecular weight is 348 g/mol. The summed E-state index contributed by atoms with van der Waals surface area (Å²) in [5, 5.41) is 11.8. The molecule has 1 atom stereocenters. The van der Waals surface area contributed by atoms with Crippen LogP contribution in [0.25, 0.3) is 0 Å². The number of rotatable bonds is 4. The molecule has 0 amide bonds. The maximum Gasteiger partial charge on any atom is 0.345 e. The Kier molecular flexibility index (Phi) is 4.70. The summed E-state index contributed by atoms with van der Waals surface area (Å²) in [6, 6.07) is 1.52. The van der Waals surface area contributed by atoms with E-state index < -0.39 is 12.1 Å². The summed E-state index contributed by atoms with van der Waals surface area (Å²) in [6.07, 6.45) is -0.875. The van der Waals surface area contributed by atoms with Gasteiger partial charge in [0, 0.05) is 24.6 Å². The molecule has 21 heavy (non-hydrogen) atoms. The van der Waals surface area contributed by atoms with Crippen molar-refractivity contribution < 1.29 is 19.4 Å². The molecule has 0 aromatic heterocycles. The second-order valence-electron chi connectivity index (χ2n) is 4.46. The smallest absolute Gasteiger partial charge is 0.345 e. The summed E-state index contributed by atoms with van der Waals surface area (Å²) >= 11 is 17.1. The van der Waals surface area contributed by atoms with E-state index in [1.807, 2.05) is 0 Å². The summed E-state index contributed by atoms with van der Waals surface area (Å²) in [4.78, 5) is 23.5. The van der Waals surface area contributed by atoms with Gasteiger partial charge in [0.25, 0.3) is 0 Å². The molecule has 0 saturated carbocycles. The Hall–Kier alpha value is -1.37. The molecule has 1 aromatic carbocycles. The number of carboxylic acids is 1. The van der Waals surface area contributed by atoms with Gasteiger partial charge in [0.15, 0.2) is 11.9 Å². The lowest BCUT2D eigenvalue weighted by molar-refractivity contribution is -0.144. The highest BCUT2D eigenvalue weighted by atomic mass is 35.5. The Bertz CT molecular complexity index is 648. The van der Waals surface area contributed by atoms with Crippen molar-refractivity contribution in [2.24, 2.45) is 0 Å². The van der Waals surface area contributed by atoms with Crippen molar-refractivity contribution >= 4 is 52.2 Å². The maximum atomic E-state index is 12.2. The number of benzene rings is 1. The molecule has 2 rings (SSSR count). The standard InChI is InChI=1S/C13H11Cl2NO4S/c1-16-9(21)4-7(17)6-2-5-3-8(13(18)19)20-12(5)11(15)10(6)14/h2,8H,3-4H2,1H3,(H,16,21)(H,18,19). The molecule has 0 bridgehead atoms. The van der Waals surface area contributed by atoms with E-state index in [4.69, 9.17) is 45.3 Å². The van der Waals surface area contributed by atoms with Crippen LogP contribution in [0.1, 0.15) is 22.3 Å². The van der Waals surface area contributed by atoms with Crippen LogP contribution >= 0.6 is 35.4 Å². The Balaban J connectivity index is 2.37. The summed E-state index contributed by atoms with van der Waals surface area (Å²) in [5.41, 5.74) is 0.767. The lowest BCUT2D eigenvalue weighted by atomic mass is 10.0. The highest BCUT2D eigenvalue weighted by molar-refractivity contribution is 7.80. The number of fused-ring (bicyclic) bond motifs is 1. The molecule has 0 saturated heterocycles. The number of carboxylic acid groups (broad SMARTS) is 1. The molecule has 0 spiro atoms. The fourth-order valence-electron chi connectivity index (χ4n) is 1.99.